The highest BCUT2D eigenvalue weighted by atomic mass is 19.1. The van der Waals surface area contributed by atoms with E-state index in [-0.39, 0.29) is 23.5 Å². The first-order valence-electron chi connectivity index (χ1n) is 11.9. The van der Waals surface area contributed by atoms with Crippen molar-refractivity contribution in [1.29, 1.82) is 0 Å². The minimum absolute atomic E-state index is 0.0175. The van der Waals surface area contributed by atoms with Gasteiger partial charge in [-0.05, 0) is 35.7 Å². The number of benzene rings is 2. The fourth-order valence-electron chi connectivity index (χ4n) is 5.13. The lowest BCUT2D eigenvalue weighted by Gasteiger charge is -2.31. The van der Waals surface area contributed by atoms with Crippen LogP contribution in [0, 0.1) is 5.82 Å². The highest BCUT2D eigenvalue weighted by Gasteiger charge is 2.27. The second kappa shape index (κ2) is 8.94. The Balaban J connectivity index is 1.36. The van der Waals surface area contributed by atoms with Crippen LogP contribution in [-0.2, 0) is 28.9 Å². The van der Waals surface area contributed by atoms with E-state index in [1.165, 1.54) is 29.5 Å². The molecule has 0 unspecified atom stereocenters. The van der Waals surface area contributed by atoms with E-state index < -0.39 is 0 Å². The molecule has 4 aromatic rings. The van der Waals surface area contributed by atoms with Crippen molar-refractivity contribution >= 4 is 27.7 Å². The Bertz CT molecular complexity index is 1430. The minimum atomic E-state index is -0.384. The van der Waals surface area contributed by atoms with Gasteiger partial charge in [0.1, 0.15) is 0 Å². The summed E-state index contributed by atoms with van der Waals surface area (Å²) in [4.78, 5) is 23.3. The number of aromatic nitrogens is 2. The molecule has 0 spiro atoms. The van der Waals surface area contributed by atoms with Crippen LogP contribution in [0.5, 0.6) is 5.75 Å². The SMILES string of the molecule is COc1ccc(Cc2nc3c(c4c2[nH]c2ccccc24)CCN(CC(=O)NC2COC2)C3)cc1F. The zero-order chi connectivity index (χ0) is 23.9. The molecule has 0 aliphatic carbocycles. The molecule has 2 aliphatic rings. The van der Waals surface area contributed by atoms with Gasteiger partial charge in [-0.1, -0.05) is 24.3 Å². The molecule has 2 aliphatic heterocycles. The van der Waals surface area contributed by atoms with E-state index in [0.717, 1.165) is 41.0 Å². The number of nitrogens with one attached hydrogen (secondary N) is 2. The van der Waals surface area contributed by atoms with Gasteiger partial charge in [0.2, 0.25) is 5.91 Å². The number of hydrogen-bond acceptors (Lipinski definition) is 5. The van der Waals surface area contributed by atoms with Gasteiger partial charge in [0.25, 0.3) is 0 Å². The number of amides is 1. The Morgan fingerprint density at radius 3 is 2.91 bits per heavy atom. The highest BCUT2D eigenvalue weighted by molar-refractivity contribution is 6.10. The fourth-order valence-corrected chi connectivity index (χ4v) is 5.13. The molecule has 1 amide bonds. The van der Waals surface area contributed by atoms with Gasteiger partial charge in [-0.3, -0.25) is 14.7 Å². The van der Waals surface area contributed by atoms with E-state index in [9.17, 15) is 9.18 Å². The van der Waals surface area contributed by atoms with E-state index >= 15 is 0 Å². The standard InChI is InChI=1S/C27H27FN4O3/c1-34-24-7-6-16(10-20(24)28)11-22-27-26(18-4-2-3-5-21(18)31-27)19-8-9-32(12-23(19)30-22)13-25(33)29-17-14-35-15-17/h2-7,10,17,31H,8-9,11-15H2,1H3,(H,29,33). The molecule has 1 fully saturated rings. The summed E-state index contributed by atoms with van der Waals surface area (Å²) in [6.07, 6.45) is 1.30. The highest BCUT2D eigenvalue weighted by Crippen LogP contribution is 2.35. The quantitative estimate of drug-likeness (QED) is 0.448. The van der Waals surface area contributed by atoms with Crippen molar-refractivity contribution in [2.75, 3.05) is 33.4 Å². The number of ether oxygens (including phenoxy) is 2. The molecule has 7 nitrogen and oxygen atoms in total. The largest absolute Gasteiger partial charge is 0.494 e. The molecule has 180 valence electrons. The number of H-pyrrole nitrogens is 1. The third-order valence-electron chi connectivity index (χ3n) is 6.92. The normalized spacial score (nSPS) is 16.3. The maximum Gasteiger partial charge on any atom is 0.234 e. The predicted octanol–water partition coefficient (Wildman–Crippen LogP) is 3.33. The number of rotatable bonds is 6. The van der Waals surface area contributed by atoms with E-state index in [1.54, 1.807) is 6.07 Å². The fraction of sp³-hybridized carbons (Fsp3) is 0.333. The molecule has 6 rings (SSSR count). The number of halogens is 1. The smallest absolute Gasteiger partial charge is 0.234 e. The van der Waals surface area contributed by atoms with Crippen LogP contribution >= 0.6 is 0 Å². The monoisotopic (exact) mass is 474 g/mol. The molecule has 0 atom stereocenters. The predicted molar refractivity (Wildman–Crippen MR) is 131 cm³/mol. The number of aromatic amines is 1. The van der Waals surface area contributed by atoms with Crippen LogP contribution in [0.4, 0.5) is 4.39 Å². The van der Waals surface area contributed by atoms with Crippen molar-refractivity contribution < 1.29 is 18.7 Å². The van der Waals surface area contributed by atoms with Gasteiger partial charge in [-0.2, -0.15) is 0 Å². The lowest BCUT2D eigenvalue weighted by molar-refractivity contribution is -0.126. The van der Waals surface area contributed by atoms with Crippen LogP contribution < -0.4 is 10.1 Å². The second-order valence-corrected chi connectivity index (χ2v) is 9.31. The second-order valence-electron chi connectivity index (χ2n) is 9.31. The molecule has 4 heterocycles. The zero-order valence-electron chi connectivity index (χ0n) is 19.6. The number of hydrogen-bond donors (Lipinski definition) is 2. The molecular formula is C27H27FN4O3. The topological polar surface area (TPSA) is 79.5 Å². The van der Waals surface area contributed by atoms with Gasteiger partial charge in [0, 0.05) is 35.8 Å². The summed E-state index contributed by atoms with van der Waals surface area (Å²) in [7, 11) is 1.46. The number of carbonyl (C=O) groups is 1. The number of pyridine rings is 1. The molecule has 2 N–H and O–H groups in total. The van der Waals surface area contributed by atoms with Gasteiger partial charge >= 0.3 is 0 Å². The van der Waals surface area contributed by atoms with E-state index in [2.05, 4.69) is 27.3 Å². The molecule has 0 bridgehead atoms. The number of fused-ring (bicyclic) bond motifs is 5. The Labute approximate surface area is 202 Å². The van der Waals surface area contributed by atoms with E-state index in [0.29, 0.717) is 32.7 Å². The van der Waals surface area contributed by atoms with Crippen molar-refractivity contribution in [3.8, 4) is 5.75 Å². The number of carbonyl (C=O) groups excluding carboxylic acids is 1. The molecule has 35 heavy (non-hydrogen) atoms. The van der Waals surface area contributed by atoms with Gasteiger partial charge in [0.05, 0.1) is 49.8 Å². The Morgan fingerprint density at radius 1 is 1.29 bits per heavy atom. The van der Waals surface area contributed by atoms with Crippen molar-refractivity contribution in [1.82, 2.24) is 20.2 Å². The van der Waals surface area contributed by atoms with Gasteiger partial charge in [-0.15, -0.1) is 0 Å². The Morgan fingerprint density at radius 2 is 2.14 bits per heavy atom. The summed E-state index contributed by atoms with van der Waals surface area (Å²) in [5, 5.41) is 5.37. The average Bonchev–Trinajstić information content (AvgIpc) is 3.22. The average molecular weight is 475 g/mol. The van der Waals surface area contributed by atoms with Crippen molar-refractivity contribution in [2.24, 2.45) is 0 Å². The maximum atomic E-state index is 14.4. The van der Waals surface area contributed by atoms with E-state index in [1.807, 2.05) is 18.2 Å². The number of nitrogens with zero attached hydrogens (tertiary/aromatic N) is 2. The van der Waals surface area contributed by atoms with Crippen LogP contribution in [0.25, 0.3) is 21.8 Å². The van der Waals surface area contributed by atoms with Gasteiger partial charge in [0.15, 0.2) is 11.6 Å². The van der Waals surface area contributed by atoms with Gasteiger partial charge < -0.3 is 19.8 Å². The van der Waals surface area contributed by atoms with Crippen molar-refractivity contribution in [3.63, 3.8) is 0 Å². The molecule has 2 aromatic carbocycles. The van der Waals surface area contributed by atoms with Crippen molar-refractivity contribution in [3.05, 3.63) is 70.8 Å². The zero-order valence-corrected chi connectivity index (χ0v) is 19.6. The lowest BCUT2D eigenvalue weighted by atomic mass is 9.96. The van der Waals surface area contributed by atoms with Crippen LogP contribution in [0.15, 0.2) is 42.5 Å². The summed E-state index contributed by atoms with van der Waals surface area (Å²) in [6.45, 7) is 2.90. The maximum absolute atomic E-state index is 14.4. The minimum Gasteiger partial charge on any atom is -0.494 e. The van der Waals surface area contributed by atoms with Gasteiger partial charge in [-0.25, -0.2) is 4.39 Å². The lowest BCUT2D eigenvalue weighted by Crippen LogP contribution is -2.51. The summed E-state index contributed by atoms with van der Waals surface area (Å²) in [6, 6.07) is 13.4. The van der Waals surface area contributed by atoms with E-state index in [4.69, 9.17) is 14.5 Å². The first-order chi connectivity index (χ1) is 17.1. The molecule has 0 radical (unpaired) electrons. The Kier molecular flexibility index (Phi) is 5.62. The third-order valence-corrected chi connectivity index (χ3v) is 6.92. The first kappa shape index (κ1) is 22.0. The van der Waals surface area contributed by atoms with Crippen LogP contribution in [0.2, 0.25) is 0 Å². The van der Waals surface area contributed by atoms with Crippen LogP contribution in [-0.4, -0.2) is 60.2 Å². The molecule has 8 heteroatoms. The van der Waals surface area contributed by atoms with Crippen LogP contribution in [0.3, 0.4) is 0 Å². The third kappa shape index (κ3) is 4.13. The first-order valence-corrected chi connectivity index (χ1v) is 11.9. The van der Waals surface area contributed by atoms with Crippen LogP contribution in [0.1, 0.15) is 22.5 Å². The summed E-state index contributed by atoms with van der Waals surface area (Å²) >= 11 is 0. The molecular weight excluding hydrogens is 447 g/mol. The summed E-state index contributed by atoms with van der Waals surface area (Å²) < 4.78 is 24.6. The summed E-state index contributed by atoms with van der Waals surface area (Å²) in [5.74, 6) is -0.140. The molecule has 2 aromatic heterocycles. The molecule has 0 saturated carbocycles. The number of para-hydroxylation sites is 1. The number of methoxy groups -OCH3 is 1. The Hall–Kier alpha value is -3.49. The summed E-state index contributed by atoms with van der Waals surface area (Å²) in [5.41, 5.74) is 5.97. The van der Waals surface area contributed by atoms with Crippen molar-refractivity contribution in [2.45, 2.75) is 25.4 Å². The molecule has 1 saturated heterocycles.